The first-order chi connectivity index (χ1) is 7.58. The minimum atomic E-state index is 0.372. The second kappa shape index (κ2) is 5.37. The van der Waals surface area contributed by atoms with Crippen LogP contribution < -0.4 is 4.74 Å². The topological polar surface area (TPSA) is 33.0 Å². The molecule has 0 bridgehead atoms. The molecule has 84 valence electrons. The second-order valence-corrected chi connectivity index (χ2v) is 4.12. The van der Waals surface area contributed by atoms with Crippen LogP contribution in [-0.2, 0) is 0 Å². The zero-order chi connectivity index (χ0) is 12.1. The van der Waals surface area contributed by atoms with Gasteiger partial charge in [0.25, 0.3) is 0 Å². The van der Waals surface area contributed by atoms with Crippen molar-refractivity contribution in [3.63, 3.8) is 0 Å². The first-order valence-electron chi connectivity index (χ1n) is 5.35. The molecule has 0 radical (unpaired) electrons. The van der Waals surface area contributed by atoms with Crippen LogP contribution in [0.15, 0.2) is 24.3 Å². The summed E-state index contributed by atoms with van der Waals surface area (Å²) in [5, 5.41) is 9.10. The Morgan fingerprint density at radius 3 is 2.56 bits per heavy atom. The fourth-order valence-corrected chi connectivity index (χ4v) is 1.58. The van der Waals surface area contributed by atoms with E-state index in [4.69, 9.17) is 10.00 Å². The summed E-state index contributed by atoms with van der Waals surface area (Å²) in [7, 11) is 1.65. The average molecular weight is 215 g/mol. The first-order valence-corrected chi connectivity index (χ1v) is 5.35. The van der Waals surface area contributed by atoms with E-state index in [1.54, 1.807) is 7.11 Å². The molecule has 0 heterocycles. The van der Waals surface area contributed by atoms with Crippen LogP contribution in [0.2, 0.25) is 0 Å². The monoisotopic (exact) mass is 215 g/mol. The lowest BCUT2D eigenvalue weighted by Crippen LogP contribution is -1.91. The molecular weight excluding hydrogens is 198 g/mol. The number of nitrogens with zero attached hydrogens (tertiary/aromatic N) is 1. The van der Waals surface area contributed by atoms with Crippen molar-refractivity contribution >= 4 is 5.57 Å². The number of nitriles is 1. The highest BCUT2D eigenvalue weighted by molar-refractivity contribution is 5.77. The van der Waals surface area contributed by atoms with Gasteiger partial charge in [-0.3, -0.25) is 0 Å². The van der Waals surface area contributed by atoms with Crippen LogP contribution in [0.4, 0.5) is 0 Å². The van der Waals surface area contributed by atoms with Gasteiger partial charge in [0.05, 0.1) is 18.8 Å². The van der Waals surface area contributed by atoms with Crippen molar-refractivity contribution in [2.45, 2.75) is 20.8 Å². The Morgan fingerprint density at radius 2 is 2.12 bits per heavy atom. The van der Waals surface area contributed by atoms with Gasteiger partial charge in [0.1, 0.15) is 5.75 Å². The summed E-state index contributed by atoms with van der Waals surface area (Å²) in [6.45, 7) is 6.11. The number of allylic oxidation sites excluding steroid dienone is 2. The number of benzene rings is 1. The SMILES string of the molecule is COc1ccc(/C(C#N)=C/C(C)C)cc1C. The summed E-state index contributed by atoms with van der Waals surface area (Å²) in [6.07, 6.45) is 1.97. The summed E-state index contributed by atoms with van der Waals surface area (Å²) in [4.78, 5) is 0. The molecule has 0 aliphatic carbocycles. The van der Waals surface area contributed by atoms with Gasteiger partial charge in [0.2, 0.25) is 0 Å². The van der Waals surface area contributed by atoms with E-state index in [9.17, 15) is 0 Å². The smallest absolute Gasteiger partial charge is 0.121 e. The summed E-state index contributed by atoms with van der Waals surface area (Å²) < 4.78 is 5.19. The molecular formula is C14H17NO. The molecule has 2 heteroatoms. The Morgan fingerprint density at radius 1 is 1.44 bits per heavy atom. The van der Waals surface area contributed by atoms with Gasteiger partial charge < -0.3 is 4.74 Å². The normalized spacial score (nSPS) is 11.4. The molecule has 0 aliphatic heterocycles. The van der Waals surface area contributed by atoms with Gasteiger partial charge in [-0.05, 0) is 42.2 Å². The van der Waals surface area contributed by atoms with Crippen molar-refractivity contribution in [2.24, 2.45) is 5.92 Å². The number of ether oxygens (including phenoxy) is 1. The Bertz CT molecular complexity index is 439. The van der Waals surface area contributed by atoms with Gasteiger partial charge in [-0.1, -0.05) is 19.9 Å². The van der Waals surface area contributed by atoms with Crippen molar-refractivity contribution in [3.05, 3.63) is 35.4 Å². The van der Waals surface area contributed by atoms with Crippen LogP contribution in [0.1, 0.15) is 25.0 Å². The van der Waals surface area contributed by atoms with Crippen LogP contribution in [0, 0.1) is 24.2 Å². The van der Waals surface area contributed by atoms with E-state index in [0.717, 1.165) is 22.4 Å². The second-order valence-electron chi connectivity index (χ2n) is 4.12. The van der Waals surface area contributed by atoms with Crippen LogP contribution in [0.5, 0.6) is 5.75 Å². The Labute approximate surface area is 97.2 Å². The van der Waals surface area contributed by atoms with Crippen molar-refractivity contribution < 1.29 is 4.74 Å². The van der Waals surface area contributed by atoms with Crippen molar-refractivity contribution in [1.29, 1.82) is 5.26 Å². The predicted octanol–water partition coefficient (Wildman–Crippen LogP) is 3.57. The van der Waals surface area contributed by atoms with Gasteiger partial charge in [-0.2, -0.15) is 5.26 Å². The number of methoxy groups -OCH3 is 1. The quantitative estimate of drug-likeness (QED) is 0.722. The number of hydrogen-bond acceptors (Lipinski definition) is 2. The lowest BCUT2D eigenvalue weighted by Gasteiger charge is -2.07. The molecule has 0 unspecified atom stereocenters. The molecule has 0 aliphatic rings. The van der Waals surface area contributed by atoms with Gasteiger partial charge >= 0.3 is 0 Å². The fraction of sp³-hybridized carbons (Fsp3) is 0.357. The van der Waals surface area contributed by atoms with Crippen molar-refractivity contribution in [3.8, 4) is 11.8 Å². The summed E-state index contributed by atoms with van der Waals surface area (Å²) in [5.74, 6) is 1.22. The third kappa shape index (κ3) is 2.87. The minimum Gasteiger partial charge on any atom is -0.496 e. The molecule has 0 spiro atoms. The largest absolute Gasteiger partial charge is 0.496 e. The molecule has 0 amide bonds. The third-order valence-electron chi connectivity index (χ3n) is 2.33. The molecule has 1 aromatic rings. The predicted molar refractivity (Wildman–Crippen MR) is 66.2 cm³/mol. The van der Waals surface area contributed by atoms with E-state index >= 15 is 0 Å². The maximum Gasteiger partial charge on any atom is 0.121 e. The van der Waals surface area contributed by atoms with E-state index in [2.05, 4.69) is 19.9 Å². The van der Waals surface area contributed by atoms with Crippen molar-refractivity contribution in [2.75, 3.05) is 7.11 Å². The lowest BCUT2D eigenvalue weighted by atomic mass is 10.0. The van der Waals surface area contributed by atoms with E-state index in [0.29, 0.717) is 5.92 Å². The third-order valence-corrected chi connectivity index (χ3v) is 2.33. The van der Waals surface area contributed by atoms with Crippen LogP contribution >= 0.6 is 0 Å². The molecule has 16 heavy (non-hydrogen) atoms. The summed E-state index contributed by atoms with van der Waals surface area (Å²) >= 11 is 0. The molecule has 1 aromatic carbocycles. The maximum absolute atomic E-state index is 9.10. The Balaban J connectivity index is 3.14. The highest BCUT2D eigenvalue weighted by Gasteiger charge is 2.04. The summed E-state index contributed by atoms with van der Waals surface area (Å²) in [5.41, 5.74) is 2.72. The maximum atomic E-state index is 9.10. The number of rotatable bonds is 3. The first kappa shape index (κ1) is 12.3. The standard InChI is InChI=1S/C14H17NO/c1-10(2)7-13(9-15)12-5-6-14(16-4)11(3)8-12/h5-8,10H,1-4H3/b13-7+. The van der Waals surface area contributed by atoms with Crippen LogP contribution in [0.3, 0.4) is 0 Å². The van der Waals surface area contributed by atoms with Crippen molar-refractivity contribution in [1.82, 2.24) is 0 Å². The zero-order valence-electron chi connectivity index (χ0n) is 10.2. The molecule has 0 aromatic heterocycles. The minimum absolute atomic E-state index is 0.372. The Hall–Kier alpha value is -1.75. The number of aryl methyl sites for hydroxylation is 1. The molecule has 1 rings (SSSR count). The lowest BCUT2D eigenvalue weighted by molar-refractivity contribution is 0.411. The van der Waals surface area contributed by atoms with E-state index < -0.39 is 0 Å². The van der Waals surface area contributed by atoms with Gasteiger partial charge in [-0.25, -0.2) is 0 Å². The van der Waals surface area contributed by atoms with Crippen LogP contribution in [-0.4, -0.2) is 7.11 Å². The molecule has 0 fully saturated rings. The zero-order valence-corrected chi connectivity index (χ0v) is 10.2. The number of hydrogen-bond donors (Lipinski definition) is 0. The molecule has 0 saturated carbocycles. The van der Waals surface area contributed by atoms with E-state index in [1.807, 2.05) is 31.2 Å². The average Bonchev–Trinajstić information content (AvgIpc) is 2.25. The molecule has 0 N–H and O–H groups in total. The van der Waals surface area contributed by atoms with E-state index in [1.165, 1.54) is 0 Å². The highest BCUT2D eigenvalue weighted by Crippen LogP contribution is 2.23. The van der Waals surface area contributed by atoms with Gasteiger partial charge in [0.15, 0.2) is 0 Å². The molecule has 0 saturated heterocycles. The van der Waals surface area contributed by atoms with Gasteiger partial charge in [-0.15, -0.1) is 0 Å². The highest BCUT2D eigenvalue weighted by atomic mass is 16.5. The van der Waals surface area contributed by atoms with Gasteiger partial charge in [0, 0.05) is 0 Å². The molecule has 0 atom stereocenters. The summed E-state index contributed by atoms with van der Waals surface area (Å²) in [6, 6.07) is 8.04. The fourth-order valence-electron chi connectivity index (χ4n) is 1.58. The molecule has 2 nitrogen and oxygen atoms in total. The van der Waals surface area contributed by atoms with E-state index in [-0.39, 0.29) is 0 Å². The van der Waals surface area contributed by atoms with Crippen LogP contribution in [0.25, 0.3) is 5.57 Å². The Kier molecular flexibility index (Phi) is 4.13.